The Morgan fingerprint density at radius 2 is 1.48 bits per heavy atom. The van der Waals surface area contributed by atoms with Crippen molar-refractivity contribution in [2.45, 2.75) is 151 Å². The molecule has 0 aromatic carbocycles. The van der Waals surface area contributed by atoms with Crippen molar-refractivity contribution in [3.63, 3.8) is 0 Å². The standard InChI is InChI=1S/C43H60N4O3/c1-10-12-13-14-15-16-17-18-21-50-39(49)20-19-33-27(5)41-30(8)42-29(7)40(31(9)48)38(46-42)24-36-26(4)32(11-2)37(45-36)23-34-25(3)22-35(44-34)28(6)43(33)47-41/h22-24,27,31,33,44-45,48H,10-21H2,1-9H3/t27-,31?,33-/m0/s1. The van der Waals surface area contributed by atoms with E-state index in [9.17, 15) is 9.90 Å². The molecule has 7 heteroatoms. The molecule has 7 nitrogen and oxygen atoms in total. The maximum absolute atomic E-state index is 13.0. The van der Waals surface area contributed by atoms with Gasteiger partial charge >= 0.3 is 5.97 Å². The van der Waals surface area contributed by atoms with Crippen LogP contribution in [0.1, 0.15) is 161 Å². The first-order chi connectivity index (χ1) is 24.0. The molecule has 0 spiro atoms. The Morgan fingerprint density at radius 3 is 2.16 bits per heavy atom. The summed E-state index contributed by atoms with van der Waals surface area (Å²) in [5.74, 6) is 0.0103. The number of aliphatic hydroxyl groups is 1. The van der Waals surface area contributed by atoms with Crippen molar-refractivity contribution in [1.29, 1.82) is 0 Å². The lowest BCUT2D eigenvalue weighted by atomic mass is 9.84. The quantitative estimate of drug-likeness (QED) is 0.116. The van der Waals surface area contributed by atoms with Crippen LogP contribution in [0.4, 0.5) is 0 Å². The summed E-state index contributed by atoms with van der Waals surface area (Å²) in [4.78, 5) is 30.9. The second-order valence-corrected chi connectivity index (χ2v) is 14.8. The topological polar surface area (TPSA) is 104 Å². The minimum absolute atomic E-state index is 0.0553. The van der Waals surface area contributed by atoms with Gasteiger partial charge in [0.2, 0.25) is 0 Å². The van der Waals surface area contributed by atoms with Crippen LogP contribution in [0.5, 0.6) is 0 Å². The van der Waals surface area contributed by atoms with Crippen LogP contribution >= 0.6 is 0 Å². The molecular weight excluding hydrogens is 620 g/mol. The average Bonchev–Trinajstić information content (AvgIpc) is 3.80. The van der Waals surface area contributed by atoms with Crippen molar-refractivity contribution in [3.8, 4) is 0 Å². The van der Waals surface area contributed by atoms with Gasteiger partial charge in [-0.05, 0) is 112 Å². The highest BCUT2D eigenvalue weighted by molar-refractivity contribution is 5.94. The van der Waals surface area contributed by atoms with E-state index in [1.54, 1.807) is 0 Å². The van der Waals surface area contributed by atoms with E-state index >= 15 is 0 Å². The van der Waals surface area contributed by atoms with Gasteiger partial charge in [-0.1, -0.05) is 65.7 Å². The molecule has 2 aliphatic rings. The molecule has 3 N–H and O–H groups in total. The third kappa shape index (κ3) is 7.93. The molecule has 2 aliphatic heterocycles. The number of aromatic nitrogens is 4. The van der Waals surface area contributed by atoms with Crippen LogP contribution in [-0.4, -0.2) is 43.7 Å². The van der Waals surface area contributed by atoms with Crippen molar-refractivity contribution in [2.24, 2.45) is 0 Å². The Morgan fingerprint density at radius 1 is 0.820 bits per heavy atom. The molecule has 3 aromatic rings. The number of unbranched alkanes of at least 4 members (excludes halogenated alkanes) is 7. The number of allylic oxidation sites excluding steroid dienone is 1. The Hall–Kier alpha value is -3.71. The van der Waals surface area contributed by atoms with Gasteiger partial charge in [0.1, 0.15) is 0 Å². The molecule has 3 aromatic heterocycles. The van der Waals surface area contributed by atoms with Gasteiger partial charge < -0.3 is 19.8 Å². The van der Waals surface area contributed by atoms with E-state index in [2.05, 4.69) is 83.6 Å². The van der Waals surface area contributed by atoms with Gasteiger partial charge in [-0.25, -0.2) is 4.98 Å². The average molecular weight is 681 g/mol. The van der Waals surface area contributed by atoms with E-state index in [-0.39, 0.29) is 17.8 Å². The zero-order valence-corrected chi connectivity index (χ0v) is 32.1. The van der Waals surface area contributed by atoms with E-state index in [0.29, 0.717) is 19.4 Å². The molecule has 1 unspecified atom stereocenters. The number of nitrogens with zero attached hydrogens (tertiary/aromatic N) is 2. The second kappa shape index (κ2) is 16.5. The minimum Gasteiger partial charge on any atom is -0.466 e. The van der Waals surface area contributed by atoms with Gasteiger partial charge in [0.15, 0.2) is 0 Å². The van der Waals surface area contributed by atoms with Gasteiger partial charge in [-0.15, -0.1) is 0 Å². The first kappa shape index (κ1) is 37.5. The van der Waals surface area contributed by atoms with E-state index in [0.717, 1.165) is 91.9 Å². The highest BCUT2D eigenvalue weighted by Gasteiger charge is 2.33. The summed E-state index contributed by atoms with van der Waals surface area (Å²) in [5.41, 5.74) is 15.4. The van der Waals surface area contributed by atoms with Crippen LogP contribution in [0.15, 0.2) is 18.2 Å². The number of ether oxygens (including phenoxy) is 1. The number of nitrogens with one attached hydrogen (secondary N) is 2. The maximum atomic E-state index is 13.0. The van der Waals surface area contributed by atoms with Crippen LogP contribution in [0, 0.1) is 27.7 Å². The molecule has 5 rings (SSSR count). The second-order valence-electron chi connectivity index (χ2n) is 14.8. The minimum atomic E-state index is -0.672. The predicted octanol–water partition coefficient (Wildman–Crippen LogP) is 10.8. The highest BCUT2D eigenvalue weighted by Crippen LogP contribution is 2.44. The molecule has 0 amide bonds. The van der Waals surface area contributed by atoms with E-state index in [4.69, 9.17) is 14.7 Å². The summed E-state index contributed by atoms with van der Waals surface area (Å²) in [6, 6.07) is 6.52. The number of hydrogen-bond donors (Lipinski definition) is 3. The first-order valence-corrected chi connectivity index (χ1v) is 19.2. The Bertz CT molecular complexity index is 1890. The van der Waals surface area contributed by atoms with E-state index in [1.807, 2.05) is 6.92 Å². The van der Waals surface area contributed by atoms with Crippen LogP contribution in [0.2, 0.25) is 0 Å². The molecule has 0 saturated carbocycles. The van der Waals surface area contributed by atoms with Crippen molar-refractivity contribution >= 4 is 39.2 Å². The number of aliphatic hydroxyl groups excluding tert-OH is 1. The van der Waals surface area contributed by atoms with Crippen LogP contribution in [-0.2, 0) is 16.0 Å². The predicted molar refractivity (Wildman–Crippen MR) is 207 cm³/mol. The summed E-state index contributed by atoms with van der Waals surface area (Å²) >= 11 is 0. The third-order valence-corrected chi connectivity index (χ3v) is 11.2. The van der Waals surface area contributed by atoms with Crippen LogP contribution in [0.3, 0.4) is 0 Å². The van der Waals surface area contributed by atoms with Gasteiger partial charge in [0.25, 0.3) is 0 Å². The van der Waals surface area contributed by atoms with Gasteiger partial charge in [-0.2, -0.15) is 0 Å². The maximum Gasteiger partial charge on any atom is 0.305 e. The molecule has 3 atom stereocenters. The number of rotatable bonds is 14. The molecule has 50 heavy (non-hydrogen) atoms. The van der Waals surface area contributed by atoms with Gasteiger partial charge in [0.05, 0.1) is 24.1 Å². The van der Waals surface area contributed by atoms with Crippen molar-refractivity contribution in [1.82, 2.24) is 19.9 Å². The number of carbonyl (C=O) groups excluding carboxylic acids is 1. The molecule has 8 bridgehead atoms. The van der Waals surface area contributed by atoms with Crippen LogP contribution in [0.25, 0.3) is 33.2 Å². The number of esters is 1. The molecule has 0 aliphatic carbocycles. The molecular formula is C43H60N4O3. The van der Waals surface area contributed by atoms with Crippen LogP contribution < -0.4 is 0 Å². The number of fused-ring (bicyclic) bond motifs is 8. The normalized spacial score (nSPS) is 16.7. The monoisotopic (exact) mass is 680 g/mol. The summed E-state index contributed by atoms with van der Waals surface area (Å²) in [6.07, 6.45) is 11.0. The Labute approximate surface area is 299 Å². The highest BCUT2D eigenvalue weighted by atomic mass is 16.5. The fraction of sp³-hybridized carbons (Fsp3) is 0.558. The largest absolute Gasteiger partial charge is 0.466 e. The smallest absolute Gasteiger partial charge is 0.305 e. The lowest BCUT2D eigenvalue weighted by Crippen LogP contribution is -2.11. The zero-order chi connectivity index (χ0) is 36.1. The lowest BCUT2D eigenvalue weighted by molar-refractivity contribution is -0.144. The molecule has 5 heterocycles. The van der Waals surface area contributed by atoms with E-state index < -0.39 is 6.10 Å². The molecule has 270 valence electrons. The first-order valence-electron chi connectivity index (χ1n) is 19.2. The number of H-pyrrole nitrogens is 2. The molecule has 0 radical (unpaired) electrons. The Balaban J connectivity index is 1.53. The van der Waals surface area contributed by atoms with Crippen molar-refractivity contribution in [2.75, 3.05) is 6.61 Å². The summed E-state index contributed by atoms with van der Waals surface area (Å²) in [6.45, 7) is 19.6. The summed E-state index contributed by atoms with van der Waals surface area (Å²) < 4.78 is 5.72. The Kier molecular flexibility index (Phi) is 12.4. The molecule has 0 fully saturated rings. The fourth-order valence-electron chi connectivity index (χ4n) is 8.14. The summed E-state index contributed by atoms with van der Waals surface area (Å²) in [5, 5.41) is 11.0. The van der Waals surface area contributed by atoms with Gasteiger partial charge in [0, 0.05) is 57.3 Å². The lowest BCUT2D eigenvalue weighted by Gasteiger charge is -2.18. The molecule has 0 saturated heterocycles. The number of carbonyl (C=O) groups is 1. The summed E-state index contributed by atoms with van der Waals surface area (Å²) in [7, 11) is 0. The van der Waals surface area contributed by atoms with Crippen molar-refractivity contribution < 1.29 is 14.6 Å². The number of aromatic amines is 2. The van der Waals surface area contributed by atoms with Crippen molar-refractivity contribution in [3.05, 3.63) is 68.8 Å². The van der Waals surface area contributed by atoms with E-state index in [1.165, 1.54) is 49.7 Å². The zero-order valence-electron chi connectivity index (χ0n) is 32.1. The fourth-order valence-corrected chi connectivity index (χ4v) is 8.14. The number of hydrogen-bond acceptors (Lipinski definition) is 5. The SMILES string of the molecule is CCCCCCCCCCOC(=O)CC[C@@H]1c2nc(c(C)c3nc(cc4[nH]c(cc5[nH]c(cc5C)c2C)c(CC)c4C)C(C(C)O)=C3C)[C@H]1C. The van der Waals surface area contributed by atoms with Gasteiger partial charge in [-0.3, -0.25) is 9.78 Å². The third-order valence-electron chi connectivity index (χ3n) is 11.2. The number of aryl methyl sites for hydroxylation is 4.